The van der Waals surface area contributed by atoms with Crippen molar-refractivity contribution in [1.82, 2.24) is 0 Å². The molecule has 2 rings (SSSR count). The first kappa shape index (κ1) is 33.6. The predicted octanol–water partition coefficient (Wildman–Crippen LogP) is 11.6. The molecule has 0 heteroatoms. The van der Waals surface area contributed by atoms with E-state index in [2.05, 4.69) is 149 Å². The fraction of sp³-hybridized carbons (Fsp3) is 0.692. The number of benzene rings is 2. The van der Waals surface area contributed by atoms with Crippen LogP contribution in [0, 0.1) is 0 Å². The van der Waals surface area contributed by atoms with Crippen LogP contribution in [-0.2, 0) is 45.3 Å². The summed E-state index contributed by atoms with van der Waals surface area (Å²) in [5, 5.41) is 0. The third kappa shape index (κ3) is 8.01. The van der Waals surface area contributed by atoms with Crippen molar-refractivity contribution in [1.29, 1.82) is 0 Å². The van der Waals surface area contributed by atoms with Gasteiger partial charge in [0.15, 0.2) is 0 Å². The second-order valence-electron chi connectivity index (χ2n) is 18.4. The standard InChI is InChI=1S/C39H64/c1-34(2,3)28-22-23-29(35(4,5)6)32(38(13,14)15)27(28)21-19-20-26-24-30(36(7,8)9)33(39(16,17)18)31(25-26)37(10,11)12/h22-25H,19-21H2,1-18H3. The van der Waals surface area contributed by atoms with E-state index in [1.54, 1.807) is 16.7 Å². The molecule has 0 bridgehead atoms. The first-order valence-corrected chi connectivity index (χ1v) is 15.5. The third-order valence-corrected chi connectivity index (χ3v) is 8.14. The molecule has 0 N–H and O–H groups in total. The maximum absolute atomic E-state index is 2.55. The second kappa shape index (κ2) is 10.7. The van der Waals surface area contributed by atoms with Crippen LogP contribution >= 0.6 is 0 Å². The van der Waals surface area contributed by atoms with E-state index < -0.39 is 0 Å². The number of aryl methyl sites for hydroxylation is 1. The summed E-state index contributed by atoms with van der Waals surface area (Å²) in [6, 6.07) is 9.98. The van der Waals surface area contributed by atoms with E-state index in [1.165, 1.54) is 34.2 Å². The molecule has 0 fully saturated rings. The molecule has 0 atom stereocenters. The van der Waals surface area contributed by atoms with Crippen molar-refractivity contribution < 1.29 is 0 Å². The van der Waals surface area contributed by atoms with Crippen molar-refractivity contribution in [3.05, 3.63) is 68.8 Å². The van der Waals surface area contributed by atoms with Crippen LogP contribution in [-0.4, -0.2) is 0 Å². The van der Waals surface area contributed by atoms with Gasteiger partial charge >= 0.3 is 0 Å². The highest BCUT2D eigenvalue weighted by Gasteiger charge is 2.33. The van der Waals surface area contributed by atoms with Crippen LogP contribution in [0.2, 0.25) is 0 Å². The second-order valence-corrected chi connectivity index (χ2v) is 18.4. The molecule has 0 aliphatic heterocycles. The molecular weight excluding hydrogens is 468 g/mol. The van der Waals surface area contributed by atoms with Crippen molar-refractivity contribution >= 4 is 0 Å². The predicted molar refractivity (Wildman–Crippen MR) is 177 cm³/mol. The number of hydrogen-bond acceptors (Lipinski definition) is 0. The summed E-state index contributed by atoms with van der Waals surface area (Å²) >= 11 is 0. The molecular formula is C39H64. The minimum atomic E-state index is 0.104. The van der Waals surface area contributed by atoms with Gasteiger partial charge in [0.2, 0.25) is 0 Å². The topological polar surface area (TPSA) is 0 Å². The summed E-state index contributed by atoms with van der Waals surface area (Å²) in [6.07, 6.45) is 3.41. The highest BCUT2D eigenvalue weighted by Crippen LogP contribution is 2.43. The Labute approximate surface area is 244 Å². The zero-order valence-electron chi connectivity index (χ0n) is 29.4. The first-order chi connectivity index (χ1) is 17.2. The van der Waals surface area contributed by atoms with Gasteiger partial charge in [-0.2, -0.15) is 0 Å². The Morgan fingerprint density at radius 3 is 1.08 bits per heavy atom. The Hall–Kier alpha value is -1.56. The minimum absolute atomic E-state index is 0.104. The number of rotatable bonds is 4. The minimum Gasteiger partial charge on any atom is -0.0579 e. The molecule has 0 aliphatic carbocycles. The fourth-order valence-corrected chi connectivity index (χ4v) is 6.40. The molecule has 2 aromatic rings. The zero-order valence-corrected chi connectivity index (χ0v) is 29.4. The average Bonchev–Trinajstić information content (AvgIpc) is 2.68. The maximum Gasteiger partial charge on any atom is -0.0126 e. The third-order valence-electron chi connectivity index (χ3n) is 8.14. The lowest BCUT2D eigenvalue weighted by Gasteiger charge is -2.37. The monoisotopic (exact) mass is 533 g/mol. The molecule has 0 saturated heterocycles. The van der Waals surface area contributed by atoms with Crippen LogP contribution in [0.15, 0.2) is 24.3 Å². The average molecular weight is 533 g/mol. The Morgan fingerprint density at radius 2 is 0.744 bits per heavy atom. The van der Waals surface area contributed by atoms with E-state index >= 15 is 0 Å². The molecule has 0 radical (unpaired) electrons. The van der Waals surface area contributed by atoms with E-state index in [9.17, 15) is 0 Å². The van der Waals surface area contributed by atoms with Crippen LogP contribution in [0.4, 0.5) is 0 Å². The van der Waals surface area contributed by atoms with Crippen molar-refractivity contribution in [2.75, 3.05) is 0 Å². The molecule has 0 aliphatic rings. The van der Waals surface area contributed by atoms with E-state index in [1.807, 2.05) is 0 Å². The molecule has 0 unspecified atom stereocenters. The highest BCUT2D eigenvalue weighted by molar-refractivity contribution is 5.51. The summed E-state index contributed by atoms with van der Waals surface area (Å²) in [5.74, 6) is 0. The van der Waals surface area contributed by atoms with Gasteiger partial charge in [0.1, 0.15) is 0 Å². The van der Waals surface area contributed by atoms with Crippen molar-refractivity contribution in [3.63, 3.8) is 0 Å². The van der Waals surface area contributed by atoms with Crippen molar-refractivity contribution in [2.24, 2.45) is 0 Å². The van der Waals surface area contributed by atoms with Crippen molar-refractivity contribution in [2.45, 2.75) is 176 Å². The SMILES string of the molecule is CC(C)(C)c1ccc(C(C)(C)C)c(C(C)(C)C)c1CCCc1cc(C(C)(C)C)c(C(C)(C)C)c(C(C)(C)C)c1. The zero-order chi connectivity index (χ0) is 30.6. The molecule has 39 heavy (non-hydrogen) atoms. The molecule has 0 nitrogen and oxygen atoms in total. The fourth-order valence-electron chi connectivity index (χ4n) is 6.40. The summed E-state index contributed by atoms with van der Waals surface area (Å²) in [6.45, 7) is 42.9. The van der Waals surface area contributed by atoms with Gasteiger partial charge in [-0.25, -0.2) is 0 Å². The summed E-state index contributed by atoms with van der Waals surface area (Å²) in [5.41, 5.74) is 13.0. The molecule has 220 valence electrons. The van der Waals surface area contributed by atoms with Crippen LogP contribution in [0.5, 0.6) is 0 Å². The Morgan fingerprint density at radius 1 is 0.385 bits per heavy atom. The van der Waals surface area contributed by atoms with E-state index in [0.717, 1.165) is 12.8 Å². The van der Waals surface area contributed by atoms with Gasteiger partial charge in [0, 0.05) is 0 Å². The van der Waals surface area contributed by atoms with E-state index in [4.69, 9.17) is 0 Å². The Kier molecular flexibility index (Phi) is 9.22. The van der Waals surface area contributed by atoms with Gasteiger partial charge in [0.05, 0.1) is 0 Å². The lowest BCUT2D eigenvalue weighted by molar-refractivity contribution is 0.496. The van der Waals surface area contributed by atoms with Gasteiger partial charge in [0.25, 0.3) is 0 Å². The summed E-state index contributed by atoms with van der Waals surface area (Å²) in [7, 11) is 0. The maximum atomic E-state index is 2.55. The van der Waals surface area contributed by atoms with Gasteiger partial charge in [-0.3, -0.25) is 0 Å². The van der Waals surface area contributed by atoms with Crippen LogP contribution in [0.3, 0.4) is 0 Å². The Bertz CT molecular complexity index is 1110. The van der Waals surface area contributed by atoms with Crippen LogP contribution in [0.1, 0.15) is 176 Å². The normalized spacial score (nSPS) is 14.2. The lowest BCUT2D eigenvalue weighted by atomic mass is 9.67. The smallest absolute Gasteiger partial charge is 0.0126 e. The first-order valence-electron chi connectivity index (χ1n) is 15.5. The lowest BCUT2D eigenvalue weighted by Crippen LogP contribution is -2.28. The summed E-state index contributed by atoms with van der Waals surface area (Å²) < 4.78 is 0. The molecule has 0 spiro atoms. The molecule has 2 aromatic carbocycles. The Balaban J connectivity index is 2.68. The largest absolute Gasteiger partial charge is 0.0579 e. The van der Waals surface area contributed by atoms with Gasteiger partial charge in [-0.05, 0) is 96.3 Å². The van der Waals surface area contributed by atoms with Crippen molar-refractivity contribution in [3.8, 4) is 0 Å². The molecule has 0 aromatic heterocycles. The molecule has 0 amide bonds. The number of hydrogen-bond donors (Lipinski definition) is 0. The molecule has 0 saturated carbocycles. The van der Waals surface area contributed by atoms with Gasteiger partial charge < -0.3 is 0 Å². The van der Waals surface area contributed by atoms with Crippen LogP contribution < -0.4 is 0 Å². The quantitative estimate of drug-likeness (QED) is 0.367. The van der Waals surface area contributed by atoms with Gasteiger partial charge in [-0.15, -0.1) is 0 Å². The van der Waals surface area contributed by atoms with Crippen LogP contribution in [0.25, 0.3) is 0 Å². The van der Waals surface area contributed by atoms with E-state index in [-0.39, 0.29) is 32.5 Å². The summed E-state index contributed by atoms with van der Waals surface area (Å²) in [4.78, 5) is 0. The van der Waals surface area contributed by atoms with Gasteiger partial charge in [-0.1, -0.05) is 149 Å². The highest BCUT2D eigenvalue weighted by atomic mass is 14.4. The van der Waals surface area contributed by atoms with E-state index in [0.29, 0.717) is 0 Å². The molecule has 0 heterocycles.